The molecule has 0 saturated carbocycles. The third kappa shape index (κ3) is 3.97. The third-order valence-electron chi connectivity index (χ3n) is 3.16. The van der Waals surface area contributed by atoms with Crippen LogP contribution in [0.5, 0.6) is 0 Å². The molecular weight excluding hydrogens is 231 g/mol. The van der Waals surface area contributed by atoms with E-state index in [1.165, 1.54) is 5.56 Å². The van der Waals surface area contributed by atoms with Crippen molar-refractivity contribution in [2.24, 2.45) is 0 Å². The Balaban J connectivity index is 2.99. The van der Waals surface area contributed by atoms with Crippen LogP contribution in [0.25, 0.3) is 0 Å². The summed E-state index contributed by atoms with van der Waals surface area (Å²) in [4.78, 5) is 0. The first-order valence-electron chi connectivity index (χ1n) is 6.46. The molecule has 0 heterocycles. The van der Waals surface area contributed by atoms with Crippen LogP contribution in [0.15, 0.2) is 30.3 Å². The van der Waals surface area contributed by atoms with Gasteiger partial charge in [-0.05, 0) is 18.4 Å². The molecule has 2 nitrogen and oxygen atoms in total. The predicted octanol–water partition coefficient (Wildman–Crippen LogP) is 4.56. The highest BCUT2D eigenvalue weighted by Crippen LogP contribution is 2.38. The average molecular weight is 254 g/mol. The first-order valence-corrected chi connectivity index (χ1v) is 7.40. The maximum absolute atomic E-state index is 11.0. The van der Waals surface area contributed by atoms with Crippen LogP contribution >= 0.6 is 8.69 Å². The molecule has 0 aliphatic carbocycles. The Morgan fingerprint density at radius 2 is 1.82 bits per heavy atom. The Kier molecular flexibility index (Phi) is 6.54. The van der Waals surface area contributed by atoms with Crippen molar-refractivity contribution in [3.8, 4) is 0 Å². The van der Waals surface area contributed by atoms with Gasteiger partial charge < -0.3 is 4.52 Å². The van der Waals surface area contributed by atoms with Gasteiger partial charge in [-0.1, -0.05) is 63.4 Å². The van der Waals surface area contributed by atoms with E-state index in [-0.39, 0.29) is 5.60 Å². The van der Waals surface area contributed by atoms with Gasteiger partial charge in [0.05, 0.1) is 0 Å². The Morgan fingerprint density at radius 3 is 2.35 bits per heavy atom. The van der Waals surface area contributed by atoms with E-state index in [0.717, 1.165) is 32.1 Å². The minimum absolute atomic E-state index is 0.330. The summed E-state index contributed by atoms with van der Waals surface area (Å²) in [5.41, 5.74) is 0.835. The van der Waals surface area contributed by atoms with Gasteiger partial charge in [-0.3, -0.25) is 4.57 Å². The molecule has 0 aliphatic heterocycles. The zero-order valence-corrected chi connectivity index (χ0v) is 12.0. The first kappa shape index (κ1) is 14.5. The predicted molar refractivity (Wildman–Crippen MR) is 74.0 cm³/mol. The molecule has 2 atom stereocenters. The van der Waals surface area contributed by atoms with Gasteiger partial charge in [-0.15, -0.1) is 0 Å². The summed E-state index contributed by atoms with van der Waals surface area (Å²) in [7, 11) is -1.16. The molecule has 0 spiro atoms. The highest BCUT2D eigenvalue weighted by Gasteiger charge is 2.31. The molecule has 1 aromatic rings. The second kappa shape index (κ2) is 7.68. The van der Waals surface area contributed by atoms with Gasteiger partial charge >= 0.3 is 0 Å². The fraction of sp³-hybridized carbons (Fsp3) is 0.571. The average Bonchev–Trinajstić information content (AvgIpc) is 2.37. The lowest BCUT2D eigenvalue weighted by atomic mass is 9.85. The molecule has 1 aromatic carbocycles. The SMILES string of the molecule is CCCCC(CCC)(O[PH2]=O)c1ccccc1. The number of unbranched alkanes of at least 4 members (excludes halogenated alkanes) is 1. The van der Waals surface area contributed by atoms with Gasteiger partial charge in [0.15, 0.2) is 8.69 Å². The van der Waals surface area contributed by atoms with Crippen LogP contribution in [0.4, 0.5) is 0 Å². The van der Waals surface area contributed by atoms with Gasteiger partial charge in [0.2, 0.25) is 0 Å². The summed E-state index contributed by atoms with van der Waals surface area (Å²) in [6.07, 6.45) is 5.17. The lowest BCUT2D eigenvalue weighted by Crippen LogP contribution is -2.26. The molecule has 0 fully saturated rings. The zero-order valence-electron chi connectivity index (χ0n) is 10.8. The first-order chi connectivity index (χ1) is 8.29. The fourth-order valence-electron chi connectivity index (χ4n) is 2.30. The highest BCUT2D eigenvalue weighted by molar-refractivity contribution is 7.17. The van der Waals surface area contributed by atoms with E-state index >= 15 is 0 Å². The van der Waals surface area contributed by atoms with Crippen LogP contribution in [0.2, 0.25) is 0 Å². The lowest BCUT2D eigenvalue weighted by molar-refractivity contribution is 0.0585. The quantitative estimate of drug-likeness (QED) is 0.636. The number of rotatable bonds is 8. The number of benzene rings is 1. The van der Waals surface area contributed by atoms with Gasteiger partial charge in [-0.2, -0.15) is 0 Å². The van der Waals surface area contributed by atoms with E-state index < -0.39 is 8.69 Å². The molecule has 0 bridgehead atoms. The molecule has 0 N–H and O–H groups in total. The van der Waals surface area contributed by atoms with Crippen molar-refractivity contribution in [2.45, 2.75) is 51.6 Å². The van der Waals surface area contributed by atoms with Crippen molar-refractivity contribution in [3.63, 3.8) is 0 Å². The van der Waals surface area contributed by atoms with Crippen LogP contribution in [0.1, 0.15) is 51.5 Å². The van der Waals surface area contributed by atoms with Gasteiger partial charge in [0.1, 0.15) is 5.60 Å². The van der Waals surface area contributed by atoms with E-state index in [4.69, 9.17) is 4.52 Å². The van der Waals surface area contributed by atoms with Crippen LogP contribution in [0, 0.1) is 0 Å². The van der Waals surface area contributed by atoms with E-state index in [1.54, 1.807) is 0 Å². The highest BCUT2D eigenvalue weighted by atomic mass is 31.1. The maximum atomic E-state index is 11.0. The molecule has 0 radical (unpaired) electrons. The van der Waals surface area contributed by atoms with Crippen molar-refractivity contribution >= 4 is 8.69 Å². The van der Waals surface area contributed by atoms with Gasteiger partial charge in [-0.25, -0.2) is 0 Å². The zero-order chi connectivity index (χ0) is 12.6. The molecule has 17 heavy (non-hydrogen) atoms. The van der Waals surface area contributed by atoms with Crippen molar-refractivity contribution in [1.29, 1.82) is 0 Å². The van der Waals surface area contributed by atoms with Crippen LogP contribution in [-0.4, -0.2) is 0 Å². The summed E-state index contributed by atoms with van der Waals surface area (Å²) in [6.45, 7) is 4.32. The minimum Gasteiger partial charge on any atom is -0.321 e. The third-order valence-corrected chi connectivity index (χ3v) is 3.71. The lowest BCUT2D eigenvalue weighted by Gasteiger charge is -2.32. The summed E-state index contributed by atoms with van der Waals surface area (Å²) < 4.78 is 16.7. The van der Waals surface area contributed by atoms with Crippen LogP contribution in [0.3, 0.4) is 0 Å². The van der Waals surface area contributed by atoms with E-state index in [1.807, 2.05) is 18.2 Å². The van der Waals surface area contributed by atoms with Crippen LogP contribution < -0.4 is 0 Å². The normalized spacial score (nSPS) is 15.2. The molecule has 1 rings (SSSR count). The van der Waals surface area contributed by atoms with E-state index in [2.05, 4.69) is 26.0 Å². The minimum atomic E-state index is -1.16. The largest absolute Gasteiger partial charge is 0.321 e. The Labute approximate surface area is 106 Å². The molecule has 3 heteroatoms. The van der Waals surface area contributed by atoms with Crippen molar-refractivity contribution in [3.05, 3.63) is 35.9 Å². The summed E-state index contributed by atoms with van der Waals surface area (Å²) in [5, 5.41) is 0. The Hall–Kier alpha value is -0.590. The standard InChI is InChI=1S/C14H23O2P/c1-3-5-12-14(11-4-2,16-17-15)13-9-7-6-8-10-13/h6-10H,3-5,11-12,17H2,1-2H3. The van der Waals surface area contributed by atoms with Gasteiger partial charge in [0.25, 0.3) is 0 Å². The van der Waals surface area contributed by atoms with Gasteiger partial charge in [0, 0.05) is 0 Å². The molecule has 0 amide bonds. The summed E-state index contributed by atoms with van der Waals surface area (Å²) in [5.74, 6) is 0. The Morgan fingerprint density at radius 1 is 1.12 bits per heavy atom. The molecule has 2 unspecified atom stereocenters. The molecule has 96 valence electrons. The number of hydrogen-bond donors (Lipinski definition) is 0. The monoisotopic (exact) mass is 254 g/mol. The van der Waals surface area contributed by atoms with E-state index in [0.29, 0.717) is 0 Å². The second-order valence-electron chi connectivity index (χ2n) is 4.43. The molecule has 0 aliphatic rings. The second-order valence-corrected chi connectivity index (χ2v) is 4.86. The summed E-state index contributed by atoms with van der Waals surface area (Å²) in [6, 6.07) is 10.2. The maximum Gasteiger partial charge on any atom is 0.180 e. The molecule has 0 saturated heterocycles. The molecule has 0 aromatic heterocycles. The topological polar surface area (TPSA) is 26.3 Å². The number of hydrogen-bond acceptors (Lipinski definition) is 2. The smallest absolute Gasteiger partial charge is 0.180 e. The molecular formula is C14H23O2P. The van der Waals surface area contributed by atoms with E-state index in [9.17, 15) is 4.57 Å². The summed E-state index contributed by atoms with van der Waals surface area (Å²) >= 11 is 0. The van der Waals surface area contributed by atoms with Crippen molar-refractivity contribution < 1.29 is 9.09 Å². The van der Waals surface area contributed by atoms with Crippen molar-refractivity contribution in [1.82, 2.24) is 0 Å². The Bertz CT molecular complexity index is 326. The fourth-order valence-corrected chi connectivity index (χ4v) is 2.86. The van der Waals surface area contributed by atoms with Crippen LogP contribution in [-0.2, 0) is 14.7 Å². The van der Waals surface area contributed by atoms with Crippen molar-refractivity contribution in [2.75, 3.05) is 0 Å².